The number of aromatic nitrogens is 2. The van der Waals surface area contributed by atoms with Crippen molar-refractivity contribution in [1.82, 2.24) is 15.3 Å². The van der Waals surface area contributed by atoms with Gasteiger partial charge in [0.15, 0.2) is 0 Å². The van der Waals surface area contributed by atoms with Gasteiger partial charge < -0.3 is 0 Å². The molecule has 1 aliphatic rings. The number of hydrogen-bond acceptors (Lipinski definition) is 5. The Morgan fingerprint density at radius 1 is 1.00 bits per heavy atom. The van der Waals surface area contributed by atoms with Gasteiger partial charge in [0.05, 0.1) is 34.3 Å². The van der Waals surface area contributed by atoms with Crippen molar-refractivity contribution in [3.63, 3.8) is 0 Å². The number of alkyl halides is 6. The summed E-state index contributed by atoms with van der Waals surface area (Å²) < 4.78 is 82.9. The van der Waals surface area contributed by atoms with Gasteiger partial charge in [-0.25, -0.2) is 4.68 Å². The Hall–Kier alpha value is -4.29. The van der Waals surface area contributed by atoms with Gasteiger partial charge in [-0.2, -0.15) is 42.0 Å². The van der Waals surface area contributed by atoms with Crippen molar-refractivity contribution in [2.75, 3.05) is 0 Å². The van der Waals surface area contributed by atoms with Crippen molar-refractivity contribution < 1.29 is 31.2 Å². The number of nitrogens with one attached hydrogen (secondary N) is 1. The number of benzene rings is 2. The Morgan fingerprint density at radius 2 is 1.76 bits per heavy atom. The van der Waals surface area contributed by atoms with E-state index < -0.39 is 29.1 Å². The molecule has 0 amide bonds. The lowest BCUT2D eigenvalue weighted by atomic mass is 9.90. The summed E-state index contributed by atoms with van der Waals surface area (Å²) in [5.74, 6) is 0. The van der Waals surface area contributed by atoms with Crippen molar-refractivity contribution in [3.05, 3.63) is 88.8 Å². The minimum Gasteiger partial charge on any atom is -0.265 e. The largest absolute Gasteiger partial charge is 0.428 e. The molecule has 0 fully saturated rings. The van der Waals surface area contributed by atoms with Crippen LogP contribution in [0.3, 0.4) is 0 Å². The van der Waals surface area contributed by atoms with E-state index in [1.54, 1.807) is 0 Å². The van der Waals surface area contributed by atoms with Crippen LogP contribution in [0, 0.1) is 22.7 Å². The molecule has 12 heteroatoms. The zero-order valence-corrected chi connectivity index (χ0v) is 16.7. The van der Waals surface area contributed by atoms with Crippen LogP contribution in [0.4, 0.5) is 26.3 Å². The van der Waals surface area contributed by atoms with Crippen LogP contribution >= 0.6 is 0 Å². The van der Waals surface area contributed by atoms with Gasteiger partial charge in [-0.15, -0.1) is 0 Å². The van der Waals surface area contributed by atoms with Crippen LogP contribution in [-0.2, 0) is 16.6 Å². The third-order valence-electron chi connectivity index (χ3n) is 5.10. The molecule has 2 heterocycles. The molecule has 0 saturated heterocycles. The van der Waals surface area contributed by atoms with Crippen molar-refractivity contribution >= 4 is 5.70 Å². The van der Waals surface area contributed by atoms with Gasteiger partial charge in [0, 0.05) is 17.3 Å². The van der Waals surface area contributed by atoms with Crippen molar-refractivity contribution in [3.8, 4) is 17.8 Å². The summed E-state index contributed by atoms with van der Waals surface area (Å²) in [6.07, 6.45) is -6.70. The lowest BCUT2D eigenvalue weighted by molar-refractivity contribution is -0.269. The van der Waals surface area contributed by atoms with Gasteiger partial charge in [-0.3, -0.25) is 10.3 Å². The van der Waals surface area contributed by atoms with Gasteiger partial charge in [0.2, 0.25) is 5.60 Å². The fourth-order valence-corrected chi connectivity index (χ4v) is 3.42. The molecule has 0 spiro atoms. The Kier molecular flexibility index (Phi) is 5.34. The van der Waals surface area contributed by atoms with Crippen molar-refractivity contribution in [2.24, 2.45) is 0 Å². The first kappa shape index (κ1) is 22.9. The smallest absolute Gasteiger partial charge is 0.265 e. The summed E-state index contributed by atoms with van der Waals surface area (Å²) >= 11 is 0. The summed E-state index contributed by atoms with van der Waals surface area (Å²) in [5.41, 5.74) is -2.64. The molecule has 1 aliphatic heterocycles. The summed E-state index contributed by atoms with van der Waals surface area (Å²) in [6, 6.07) is 10.6. The third kappa shape index (κ3) is 3.84. The zero-order valence-electron chi connectivity index (χ0n) is 16.7. The van der Waals surface area contributed by atoms with Crippen LogP contribution < -0.4 is 5.48 Å². The van der Waals surface area contributed by atoms with Crippen LogP contribution in [0.25, 0.3) is 11.4 Å². The van der Waals surface area contributed by atoms with Crippen LogP contribution in [0.1, 0.15) is 27.8 Å². The first-order chi connectivity index (χ1) is 16.0. The number of halogens is 6. The standard InChI is InChI=1S/C22H11F6N5O/c23-21(24,25)17-3-1-2-16(7-17)20(22(26,27)28)8-18(32-34-20)14-4-5-19(15(6-14)10-30)33-12-13(9-29)11-31-33/h1-8,11-12,32H. The van der Waals surface area contributed by atoms with Crippen LogP contribution in [0.15, 0.2) is 60.9 Å². The predicted molar refractivity (Wildman–Crippen MR) is 104 cm³/mol. The first-order valence-corrected chi connectivity index (χ1v) is 9.39. The van der Waals surface area contributed by atoms with E-state index in [2.05, 4.69) is 10.6 Å². The molecule has 1 unspecified atom stereocenters. The van der Waals surface area contributed by atoms with E-state index in [0.29, 0.717) is 18.2 Å². The highest BCUT2D eigenvalue weighted by Gasteiger charge is 2.59. The Labute approximate surface area is 187 Å². The second-order valence-corrected chi connectivity index (χ2v) is 7.20. The highest BCUT2D eigenvalue weighted by molar-refractivity contribution is 5.70. The Bertz CT molecular complexity index is 1380. The Morgan fingerprint density at radius 3 is 2.38 bits per heavy atom. The number of hydroxylamine groups is 1. The number of rotatable bonds is 3. The number of hydrogen-bond donors (Lipinski definition) is 1. The summed E-state index contributed by atoms with van der Waals surface area (Å²) in [5, 5.41) is 22.4. The van der Waals surface area contributed by atoms with Gasteiger partial charge in [-0.1, -0.05) is 18.2 Å². The molecule has 0 aliphatic carbocycles. The average Bonchev–Trinajstić information content (AvgIpc) is 3.46. The van der Waals surface area contributed by atoms with Gasteiger partial charge in [0.1, 0.15) is 12.1 Å². The lowest BCUT2D eigenvalue weighted by Crippen LogP contribution is -2.42. The fourth-order valence-electron chi connectivity index (χ4n) is 3.42. The molecule has 172 valence electrons. The highest BCUT2D eigenvalue weighted by atomic mass is 19.4. The van der Waals surface area contributed by atoms with Crippen molar-refractivity contribution in [2.45, 2.75) is 18.0 Å². The molecule has 34 heavy (non-hydrogen) atoms. The lowest BCUT2D eigenvalue weighted by Gasteiger charge is -2.29. The molecule has 1 aromatic heterocycles. The molecule has 6 nitrogen and oxygen atoms in total. The second-order valence-electron chi connectivity index (χ2n) is 7.20. The van der Waals surface area contributed by atoms with E-state index in [1.807, 2.05) is 12.1 Å². The average molecular weight is 475 g/mol. The zero-order chi connectivity index (χ0) is 24.7. The maximum atomic E-state index is 14.1. The topological polar surface area (TPSA) is 86.7 Å². The predicted octanol–water partition coefficient (Wildman–Crippen LogP) is 4.97. The van der Waals surface area contributed by atoms with Gasteiger partial charge in [-0.05, 0) is 30.3 Å². The highest BCUT2D eigenvalue weighted by Crippen LogP contribution is 2.48. The van der Waals surface area contributed by atoms with E-state index >= 15 is 0 Å². The maximum absolute atomic E-state index is 14.1. The van der Waals surface area contributed by atoms with E-state index in [9.17, 15) is 31.6 Å². The molecular weight excluding hydrogens is 464 g/mol. The number of nitrogens with zero attached hydrogens (tertiary/aromatic N) is 4. The van der Waals surface area contributed by atoms with E-state index in [0.717, 1.165) is 12.1 Å². The van der Waals surface area contributed by atoms with E-state index in [-0.39, 0.29) is 28.1 Å². The number of nitriles is 2. The molecular formula is C22H11F6N5O. The van der Waals surface area contributed by atoms with E-state index in [4.69, 9.17) is 10.1 Å². The second kappa shape index (κ2) is 7.93. The molecule has 0 bridgehead atoms. The van der Waals surface area contributed by atoms with Crippen molar-refractivity contribution in [1.29, 1.82) is 10.5 Å². The van der Waals surface area contributed by atoms with E-state index in [1.165, 1.54) is 35.3 Å². The quantitative estimate of drug-likeness (QED) is 0.541. The maximum Gasteiger partial charge on any atom is 0.428 e. The van der Waals surface area contributed by atoms with Crippen LogP contribution in [0.2, 0.25) is 0 Å². The summed E-state index contributed by atoms with van der Waals surface area (Å²) in [7, 11) is 0. The minimum atomic E-state index is -5.12. The SMILES string of the molecule is N#Cc1cnn(-c2ccc(C3=CC(c4cccc(C(F)(F)F)c4)(C(F)(F)F)ON3)cc2C#N)c1. The van der Waals surface area contributed by atoms with Crippen LogP contribution in [0.5, 0.6) is 0 Å². The molecule has 0 radical (unpaired) electrons. The van der Waals surface area contributed by atoms with Crippen LogP contribution in [-0.4, -0.2) is 16.0 Å². The van der Waals surface area contributed by atoms with Gasteiger partial charge >= 0.3 is 12.4 Å². The summed E-state index contributed by atoms with van der Waals surface area (Å²) in [4.78, 5) is 4.86. The fraction of sp³-hybridized carbons (Fsp3) is 0.136. The Balaban J connectivity index is 1.79. The first-order valence-electron chi connectivity index (χ1n) is 9.39. The molecule has 1 N–H and O–H groups in total. The molecule has 2 aromatic carbocycles. The minimum absolute atomic E-state index is 0.0244. The molecule has 0 saturated carbocycles. The van der Waals surface area contributed by atoms with Gasteiger partial charge in [0.25, 0.3) is 0 Å². The summed E-state index contributed by atoms with van der Waals surface area (Å²) in [6.45, 7) is 0. The monoisotopic (exact) mass is 475 g/mol. The third-order valence-corrected chi connectivity index (χ3v) is 5.10. The molecule has 1 atom stereocenters. The molecule has 3 aromatic rings. The normalized spacial score (nSPS) is 18.1. The molecule has 4 rings (SSSR count).